The molecule has 1 aliphatic carbocycles. The van der Waals surface area contributed by atoms with Crippen molar-refractivity contribution in [3.8, 4) is 0 Å². The lowest BCUT2D eigenvalue weighted by Crippen LogP contribution is -2.45. The normalized spacial score (nSPS) is 35.9. The van der Waals surface area contributed by atoms with Crippen molar-refractivity contribution in [1.82, 2.24) is 0 Å². The summed E-state index contributed by atoms with van der Waals surface area (Å²) in [7, 11) is 0. The van der Waals surface area contributed by atoms with Crippen LogP contribution in [0.5, 0.6) is 0 Å². The van der Waals surface area contributed by atoms with Gasteiger partial charge in [-0.25, -0.2) is 0 Å². The maximum absolute atomic E-state index is 9.79. The molecule has 6 nitrogen and oxygen atoms in total. The van der Waals surface area contributed by atoms with Crippen molar-refractivity contribution in [2.45, 2.75) is 44.6 Å². The fourth-order valence-electron chi connectivity index (χ4n) is 2.40. The zero-order chi connectivity index (χ0) is 11.8. The van der Waals surface area contributed by atoms with Crippen molar-refractivity contribution in [3.63, 3.8) is 0 Å². The third-order valence-corrected chi connectivity index (χ3v) is 3.38. The molecule has 1 heterocycles. The first-order valence-corrected chi connectivity index (χ1v) is 5.47. The monoisotopic (exact) mass is 227 g/mol. The zero-order valence-corrected chi connectivity index (χ0v) is 9.59. The molecule has 0 unspecified atom stereocenters. The quantitative estimate of drug-likeness (QED) is 0.419. The van der Waals surface area contributed by atoms with E-state index in [1.807, 2.05) is 13.8 Å². The van der Waals surface area contributed by atoms with Gasteiger partial charge < -0.3 is 14.6 Å². The Kier molecular flexibility index (Phi) is 2.84. The van der Waals surface area contributed by atoms with E-state index in [-0.39, 0.29) is 11.5 Å². The van der Waals surface area contributed by atoms with Gasteiger partial charge in [0.1, 0.15) is 0 Å². The topological polar surface area (TPSA) is 87.5 Å². The van der Waals surface area contributed by atoms with Gasteiger partial charge in [0.2, 0.25) is 0 Å². The molecule has 6 heteroatoms. The lowest BCUT2D eigenvalue weighted by atomic mass is 9.87. The van der Waals surface area contributed by atoms with Gasteiger partial charge >= 0.3 is 0 Å². The van der Waals surface area contributed by atoms with Gasteiger partial charge in [0.15, 0.2) is 5.79 Å². The van der Waals surface area contributed by atoms with Gasteiger partial charge in [-0.2, -0.15) is 0 Å². The first-order chi connectivity index (χ1) is 7.46. The lowest BCUT2D eigenvalue weighted by molar-refractivity contribution is -0.285. The molecule has 1 spiro atoms. The first-order valence-electron chi connectivity index (χ1n) is 5.47. The molecule has 90 valence electrons. The molecule has 16 heavy (non-hydrogen) atoms. The lowest BCUT2D eigenvalue weighted by Gasteiger charge is -2.41. The van der Waals surface area contributed by atoms with Crippen molar-refractivity contribution >= 4 is 0 Å². The average molecular weight is 227 g/mol. The Morgan fingerprint density at radius 3 is 2.50 bits per heavy atom. The number of aliphatic hydroxyl groups is 1. The fourth-order valence-corrected chi connectivity index (χ4v) is 2.40. The SMILES string of the molecule is CC1(C)OCC2(CO1)C[C@H](N=[N+]=[N-])[C@@H](O)C2. The molecule has 1 saturated heterocycles. The molecule has 0 aromatic carbocycles. The molecular formula is C10H17N3O3. The predicted octanol–water partition coefficient (Wildman–Crippen LogP) is 1.59. The standard InChI is InChI=1S/C10H17N3O3/c1-9(2)15-5-10(6-16-9)3-7(12-13-11)8(14)4-10/h7-8,14H,3-6H2,1-2H3/t7-,8-/m0/s1. The Morgan fingerprint density at radius 2 is 1.94 bits per heavy atom. The minimum atomic E-state index is -0.579. The van der Waals surface area contributed by atoms with Crippen LogP contribution in [0.4, 0.5) is 0 Å². The van der Waals surface area contributed by atoms with Gasteiger partial charge in [-0.15, -0.1) is 0 Å². The molecule has 1 saturated carbocycles. The number of nitrogens with zero attached hydrogens (tertiary/aromatic N) is 3. The molecule has 0 radical (unpaired) electrons. The molecule has 0 amide bonds. The highest BCUT2D eigenvalue weighted by atomic mass is 16.7. The van der Waals surface area contributed by atoms with Crippen LogP contribution in [0.1, 0.15) is 26.7 Å². The molecule has 1 N–H and O–H groups in total. The van der Waals surface area contributed by atoms with E-state index in [1.165, 1.54) is 0 Å². The van der Waals surface area contributed by atoms with Crippen LogP contribution in [0, 0.1) is 5.41 Å². The van der Waals surface area contributed by atoms with E-state index in [2.05, 4.69) is 10.0 Å². The second kappa shape index (κ2) is 3.89. The molecule has 2 rings (SSSR count). The number of hydrogen-bond acceptors (Lipinski definition) is 4. The van der Waals surface area contributed by atoms with Gasteiger partial charge in [-0.1, -0.05) is 5.11 Å². The van der Waals surface area contributed by atoms with E-state index in [0.717, 1.165) is 0 Å². The van der Waals surface area contributed by atoms with Gasteiger partial charge in [0, 0.05) is 10.3 Å². The minimum absolute atomic E-state index is 0.187. The maximum atomic E-state index is 9.79. The van der Waals surface area contributed by atoms with Crippen molar-refractivity contribution in [2.24, 2.45) is 10.5 Å². The highest BCUT2D eigenvalue weighted by Gasteiger charge is 2.48. The summed E-state index contributed by atoms with van der Waals surface area (Å²) in [6, 6.07) is -0.349. The molecule has 0 aromatic heterocycles. The number of hydrogen-bond donors (Lipinski definition) is 1. The summed E-state index contributed by atoms with van der Waals surface area (Å²) in [6.45, 7) is 4.84. The molecule has 1 aliphatic heterocycles. The number of azide groups is 1. The Morgan fingerprint density at radius 1 is 1.31 bits per heavy atom. The number of aliphatic hydroxyl groups excluding tert-OH is 1. The number of ether oxygens (including phenoxy) is 2. The summed E-state index contributed by atoms with van der Waals surface area (Å²) in [4.78, 5) is 2.76. The second-order valence-corrected chi connectivity index (χ2v) is 5.23. The Balaban J connectivity index is 2.04. The minimum Gasteiger partial charge on any atom is -0.393 e. The third kappa shape index (κ3) is 2.15. The largest absolute Gasteiger partial charge is 0.393 e. The Hall–Kier alpha value is -0.810. The van der Waals surface area contributed by atoms with Crippen LogP contribution in [0.3, 0.4) is 0 Å². The smallest absolute Gasteiger partial charge is 0.162 e. The van der Waals surface area contributed by atoms with Crippen LogP contribution in [0.15, 0.2) is 5.11 Å². The van der Waals surface area contributed by atoms with E-state index in [9.17, 15) is 5.11 Å². The predicted molar refractivity (Wildman–Crippen MR) is 56.6 cm³/mol. The summed E-state index contributed by atoms with van der Waals surface area (Å²) >= 11 is 0. The van der Waals surface area contributed by atoms with Crippen LogP contribution in [0.2, 0.25) is 0 Å². The third-order valence-electron chi connectivity index (χ3n) is 3.38. The van der Waals surface area contributed by atoms with Gasteiger partial charge in [-0.3, -0.25) is 0 Å². The van der Waals surface area contributed by atoms with Crippen LogP contribution in [-0.2, 0) is 9.47 Å². The Labute approximate surface area is 94.2 Å². The van der Waals surface area contributed by atoms with Crippen molar-refractivity contribution < 1.29 is 14.6 Å². The summed E-state index contributed by atoms with van der Waals surface area (Å²) in [5, 5.41) is 13.4. The van der Waals surface area contributed by atoms with E-state index >= 15 is 0 Å². The molecular weight excluding hydrogens is 210 g/mol. The zero-order valence-electron chi connectivity index (χ0n) is 9.59. The summed E-state index contributed by atoms with van der Waals surface area (Å²) in [5.41, 5.74) is 8.21. The maximum Gasteiger partial charge on any atom is 0.162 e. The van der Waals surface area contributed by atoms with E-state index in [0.29, 0.717) is 26.1 Å². The summed E-state index contributed by atoms with van der Waals surface area (Å²) in [6.07, 6.45) is 0.630. The van der Waals surface area contributed by atoms with E-state index in [1.54, 1.807) is 0 Å². The summed E-state index contributed by atoms with van der Waals surface area (Å²) < 4.78 is 11.2. The molecule has 0 bridgehead atoms. The van der Waals surface area contributed by atoms with Crippen molar-refractivity contribution in [2.75, 3.05) is 13.2 Å². The molecule has 2 atom stereocenters. The van der Waals surface area contributed by atoms with Gasteiger partial charge in [0.25, 0.3) is 0 Å². The van der Waals surface area contributed by atoms with Gasteiger partial charge in [-0.05, 0) is 32.2 Å². The average Bonchev–Trinajstić information content (AvgIpc) is 2.51. The molecule has 2 aliphatic rings. The Bertz CT molecular complexity index is 315. The molecule has 0 aromatic rings. The van der Waals surface area contributed by atoms with Crippen molar-refractivity contribution in [1.29, 1.82) is 0 Å². The van der Waals surface area contributed by atoms with Crippen LogP contribution in [0.25, 0.3) is 10.4 Å². The summed E-state index contributed by atoms with van der Waals surface area (Å²) in [5.74, 6) is -0.549. The van der Waals surface area contributed by atoms with Crippen molar-refractivity contribution in [3.05, 3.63) is 10.4 Å². The first kappa shape index (κ1) is 11.7. The van der Waals surface area contributed by atoms with Crippen LogP contribution >= 0.6 is 0 Å². The van der Waals surface area contributed by atoms with E-state index in [4.69, 9.17) is 15.0 Å². The fraction of sp³-hybridized carbons (Fsp3) is 1.00. The second-order valence-electron chi connectivity index (χ2n) is 5.23. The molecule has 2 fully saturated rings. The van der Waals surface area contributed by atoms with Gasteiger partial charge in [0.05, 0.1) is 25.4 Å². The highest BCUT2D eigenvalue weighted by Crippen LogP contribution is 2.44. The highest BCUT2D eigenvalue weighted by molar-refractivity contribution is 4.99. The van der Waals surface area contributed by atoms with Crippen LogP contribution in [-0.4, -0.2) is 36.3 Å². The van der Waals surface area contributed by atoms with Crippen LogP contribution < -0.4 is 0 Å². The van der Waals surface area contributed by atoms with E-state index < -0.39 is 11.9 Å². The number of rotatable bonds is 1.